The van der Waals surface area contributed by atoms with Crippen molar-refractivity contribution in [3.63, 3.8) is 0 Å². The van der Waals surface area contributed by atoms with E-state index in [2.05, 4.69) is 4.74 Å². The Bertz CT molecular complexity index is 130. The lowest BCUT2D eigenvalue weighted by Crippen LogP contribution is -2.34. The van der Waals surface area contributed by atoms with Crippen LogP contribution in [-0.2, 0) is 9.53 Å². The van der Waals surface area contributed by atoms with E-state index in [1.807, 2.05) is 0 Å². The van der Waals surface area contributed by atoms with Gasteiger partial charge in [-0.15, -0.1) is 0 Å². The molecule has 5 heteroatoms. The van der Waals surface area contributed by atoms with Crippen LogP contribution in [0.2, 0.25) is 0 Å². The molecule has 0 heterocycles. The quantitative estimate of drug-likeness (QED) is 0.621. The van der Waals surface area contributed by atoms with E-state index in [4.69, 9.17) is 5.73 Å². The first-order chi connectivity index (χ1) is 5.07. The molecule has 0 saturated carbocycles. The summed E-state index contributed by atoms with van der Waals surface area (Å²) in [6.45, 7) is 1.75. The zero-order valence-corrected chi connectivity index (χ0v) is 6.22. The first-order valence-corrected chi connectivity index (χ1v) is 3.28. The van der Waals surface area contributed by atoms with Crippen LogP contribution >= 0.6 is 0 Å². The Hall–Kier alpha value is -0.710. The fourth-order valence-electron chi connectivity index (χ4n) is 0.537. The monoisotopic (exact) mass is 167 g/mol. The first kappa shape index (κ1) is 10.3. The standard InChI is InChI=1S/C6H11F2NO2/c1-2-11-6(10)4(9)3-5(7)8/h4-5H,2-3,9H2,1H3. The molecule has 0 bridgehead atoms. The lowest BCUT2D eigenvalue weighted by Gasteiger charge is -2.08. The highest BCUT2D eigenvalue weighted by Crippen LogP contribution is 2.02. The number of esters is 1. The van der Waals surface area contributed by atoms with Crippen molar-refractivity contribution in [2.45, 2.75) is 25.8 Å². The second-order valence-corrected chi connectivity index (χ2v) is 1.99. The van der Waals surface area contributed by atoms with Gasteiger partial charge in [0.15, 0.2) is 0 Å². The Morgan fingerprint density at radius 1 is 1.64 bits per heavy atom. The van der Waals surface area contributed by atoms with Crippen LogP contribution in [-0.4, -0.2) is 25.0 Å². The van der Waals surface area contributed by atoms with Crippen molar-refractivity contribution in [2.75, 3.05) is 6.61 Å². The molecule has 1 atom stereocenters. The Balaban J connectivity index is 3.64. The van der Waals surface area contributed by atoms with E-state index in [-0.39, 0.29) is 6.61 Å². The number of ether oxygens (including phenoxy) is 1. The second kappa shape index (κ2) is 5.01. The summed E-state index contributed by atoms with van der Waals surface area (Å²) in [7, 11) is 0. The number of hydrogen-bond donors (Lipinski definition) is 1. The molecule has 0 aliphatic rings. The molecule has 0 fully saturated rings. The van der Waals surface area contributed by atoms with Crippen LogP contribution in [0.25, 0.3) is 0 Å². The molecule has 66 valence electrons. The van der Waals surface area contributed by atoms with Gasteiger partial charge < -0.3 is 10.5 Å². The van der Waals surface area contributed by atoms with Crippen molar-refractivity contribution in [1.29, 1.82) is 0 Å². The Morgan fingerprint density at radius 2 is 2.18 bits per heavy atom. The van der Waals surface area contributed by atoms with Crippen molar-refractivity contribution in [3.8, 4) is 0 Å². The molecule has 2 N–H and O–H groups in total. The molecule has 1 unspecified atom stereocenters. The molecule has 0 rings (SSSR count). The van der Waals surface area contributed by atoms with Crippen LogP contribution in [0.5, 0.6) is 0 Å². The summed E-state index contributed by atoms with van der Waals surface area (Å²) >= 11 is 0. The van der Waals surface area contributed by atoms with Gasteiger partial charge in [0.25, 0.3) is 0 Å². The SMILES string of the molecule is CCOC(=O)C(N)CC(F)F. The zero-order chi connectivity index (χ0) is 8.85. The normalized spacial score (nSPS) is 13.2. The maximum Gasteiger partial charge on any atom is 0.323 e. The minimum atomic E-state index is -2.56. The van der Waals surface area contributed by atoms with Crippen LogP contribution in [0.3, 0.4) is 0 Å². The van der Waals surface area contributed by atoms with Crippen LogP contribution in [0.1, 0.15) is 13.3 Å². The summed E-state index contributed by atoms with van der Waals surface area (Å²) in [6, 6.07) is -1.20. The Kier molecular flexibility index (Phi) is 4.69. The van der Waals surface area contributed by atoms with E-state index in [1.165, 1.54) is 0 Å². The highest BCUT2D eigenvalue weighted by atomic mass is 19.3. The predicted octanol–water partition coefficient (Wildman–Crippen LogP) is 0.532. The van der Waals surface area contributed by atoms with E-state index in [1.54, 1.807) is 6.92 Å². The van der Waals surface area contributed by atoms with E-state index in [0.717, 1.165) is 0 Å². The third-order valence-electron chi connectivity index (χ3n) is 1.02. The van der Waals surface area contributed by atoms with Gasteiger partial charge in [-0.2, -0.15) is 0 Å². The summed E-state index contributed by atoms with van der Waals surface area (Å²) < 4.78 is 27.6. The molecule has 11 heavy (non-hydrogen) atoms. The van der Waals surface area contributed by atoms with E-state index < -0.39 is 24.9 Å². The molecule has 3 nitrogen and oxygen atoms in total. The average molecular weight is 167 g/mol. The molecule has 0 spiro atoms. The summed E-state index contributed by atoms with van der Waals surface area (Å²) in [5, 5.41) is 0. The molecular weight excluding hydrogens is 156 g/mol. The van der Waals surface area contributed by atoms with Crippen molar-refractivity contribution in [1.82, 2.24) is 0 Å². The minimum absolute atomic E-state index is 0.162. The van der Waals surface area contributed by atoms with Crippen LogP contribution in [0.4, 0.5) is 8.78 Å². The number of nitrogens with two attached hydrogens (primary N) is 1. The Labute approximate surface area is 63.5 Å². The molecule has 0 aliphatic carbocycles. The number of carbonyl (C=O) groups excluding carboxylic acids is 1. The van der Waals surface area contributed by atoms with E-state index >= 15 is 0 Å². The summed E-state index contributed by atoms with van der Waals surface area (Å²) in [4.78, 5) is 10.6. The minimum Gasteiger partial charge on any atom is -0.465 e. The zero-order valence-electron chi connectivity index (χ0n) is 6.22. The Morgan fingerprint density at radius 3 is 2.55 bits per heavy atom. The number of rotatable bonds is 4. The summed E-state index contributed by atoms with van der Waals surface area (Å²) in [5.74, 6) is -0.771. The number of alkyl halides is 2. The van der Waals surface area contributed by atoms with Crippen LogP contribution in [0.15, 0.2) is 0 Å². The van der Waals surface area contributed by atoms with Crippen molar-refractivity contribution >= 4 is 5.97 Å². The lowest BCUT2D eigenvalue weighted by atomic mass is 10.2. The van der Waals surface area contributed by atoms with Gasteiger partial charge in [-0.1, -0.05) is 0 Å². The van der Waals surface area contributed by atoms with Crippen molar-refractivity contribution in [2.24, 2.45) is 5.73 Å². The molecule has 0 aliphatic heterocycles. The molecule has 0 aromatic rings. The predicted molar refractivity (Wildman–Crippen MR) is 35.2 cm³/mol. The van der Waals surface area contributed by atoms with Gasteiger partial charge in [-0.25, -0.2) is 8.78 Å². The topological polar surface area (TPSA) is 52.3 Å². The number of halogens is 2. The lowest BCUT2D eigenvalue weighted by molar-refractivity contribution is -0.145. The molecule has 0 aromatic carbocycles. The van der Waals surface area contributed by atoms with Gasteiger partial charge in [0.1, 0.15) is 6.04 Å². The van der Waals surface area contributed by atoms with Gasteiger partial charge in [0, 0.05) is 6.42 Å². The fraction of sp³-hybridized carbons (Fsp3) is 0.833. The fourth-order valence-corrected chi connectivity index (χ4v) is 0.537. The van der Waals surface area contributed by atoms with Crippen molar-refractivity contribution in [3.05, 3.63) is 0 Å². The maximum atomic E-state index is 11.6. The van der Waals surface area contributed by atoms with Gasteiger partial charge >= 0.3 is 5.97 Å². The van der Waals surface area contributed by atoms with E-state index in [9.17, 15) is 13.6 Å². The second-order valence-electron chi connectivity index (χ2n) is 1.99. The van der Waals surface area contributed by atoms with Gasteiger partial charge in [-0.05, 0) is 6.92 Å². The molecule has 0 aromatic heterocycles. The van der Waals surface area contributed by atoms with Gasteiger partial charge in [0.05, 0.1) is 6.61 Å². The summed E-state index contributed by atoms with van der Waals surface area (Å²) in [6.07, 6.45) is -3.20. The third-order valence-corrected chi connectivity index (χ3v) is 1.02. The maximum absolute atomic E-state index is 11.6. The third kappa shape index (κ3) is 4.66. The smallest absolute Gasteiger partial charge is 0.323 e. The molecule has 0 radical (unpaired) electrons. The van der Waals surface area contributed by atoms with Crippen LogP contribution in [0, 0.1) is 0 Å². The highest BCUT2D eigenvalue weighted by molar-refractivity contribution is 5.75. The average Bonchev–Trinajstić information content (AvgIpc) is 1.86. The van der Waals surface area contributed by atoms with E-state index in [0.29, 0.717) is 0 Å². The number of carbonyl (C=O) groups is 1. The van der Waals surface area contributed by atoms with Gasteiger partial charge in [-0.3, -0.25) is 4.79 Å². The molecule has 0 amide bonds. The molecule has 0 saturated heterocycles. The number of hydrogen-bond acceptors (Lipinski definition) is 3. The largest absolute Gasteiger partial charge is 0.465 e. The summed E-state index contributed by atoms with van der Waals surface area (Å²) in [5.41, 5.74) is 5.05. The van der Waals surface area contributed by atoms with Crippen molar-refractivity contribution < 1.29 is 18.3 Å². The molecular formula is C6H11F2NO2. The highest BCUT2D eigenvalue weighted by Gasteiger charge is 2.18. The van der Waals surface area contributed by atoms with Crippen LogP contribution < -0.4 is 5.73 Å². The first-order valence-electron chi connectivity index (χ1n) is 3.28. The van der Waals surface area contributed by atoms with Gasteiger partial charge in [0.2, 0.25) is 6.43 Å².